The summed E-state index contributed by atoms with van der Waals surface area (Å²) in [5.74, 6) is 1.45. The lowest BCUT2D eigenvalue weighted by molar-refractivity contribution is 0.203. The van der Waals surface area contributed by atoms with Gasteiger partial charge < -0.3 is 19.7 Å². The zero-order valence-electron chi connectivity index (χ0n) is 16.8. The fourth-order valence-corrected chi connectivity index (χ4v) is 3.04. The van der Waals surface area contributed by atoms with Gasteiger partial charge in [0.2, 0.25) is 0 Å². The summed E-state index contributed by atoms with van der Waals surface area (Å²) in [6.45, 7) is 2.36. The minimum Gasteiger partial charge on any atom is -0.494 e. The first-order valence-electron chi connectivity index (χ1n) is 9.43. The van der Waals surface area contributed by atoms with Crippen LogP contribution in [0.3, 0.4) is 0 Å². The number of hydrogen-bond acceptors (Lipinski definition) is 4. The fraction of sp³-hybridized carbons (Fsp3) is 0.261. The van der Waals surface area contributed by atoms with Gasteiger partial charge in [-0.3, -0.25) is 0 Å². The molecule has 0 fully saturated rings. The van der Waals surface area contributed by atoms with E-state index in [-0.39, 0.29) is 12.4 Å². The Hall–Kier alpha value is -2.76. The Bertz CT molecular complexity index is 933. The second kappa shape index (κ2) is 11.3. The Kier molecular flexibility index (Phi) is 8.77. The van der Waals surface area contributed by atoms with E-state index in [4.69, 9.17) is 9.47 Å². The number of benzene rings is 3. The van der Waals surface area contributed by atoms with Gasteiger partial charge in [0.15, 0.2) is 0 Å². The lowest BCUT2D eigenvalue weighted by atomic mass is 10.1. The molecule has 0 aromatic heterocycles. The maximum Gasteiger partial charge on any atom is 0.412 e. The molecule has 6 heteroatoms. The summed E-state index contributed by atoms with van der Waals surface area (Å²) in [7, 11) is 3.61. The van der Waals surface area contributed by atoms with Crippen LogP contribution in [0, 0.1) is 0 Å². The number of rotatable bonds is 8. The zero-order chi connectivity index (χ0) is 19.8. The summed E-state index contributed by atoms with van der Waals surface area (Å²) in [5, 5.41) is 4.86. The van der Waals surface area contributed by atoms with Crippen molar-refractivity contribution in [1.29, 1.82) is 0 Å². The van der Waals surface area contributed by atoms with Crippen molar-refractivity contribution in [3.05, 3.63) is 72.3 Å². The van der Waals surface area contributed by atoms with Crippen LogP contribution in [0.1, 0.15) is 12.0 Å². The maximum atomic E-state index is 11.3. The van der Waals surface area contributed by atoms with Gasteiger partial charge in [-0.1, -0.05) is 42.5 Å². The highest BCUT2D eigenvalue weighted by Gasteiger charge is 2.05. The first-order chi connectivity index (χ1) is 13.6. The predicted molar refractivity (Wildman–Crippen MR) is 119 cm³/mol. The summed E-state index contributed by atoms with van der Waals surface area (Å²) in [4.78, 5) is 13.5. The standard InChI is InChI=1S/C23H26N2O3.ClH/c1-24-23(26)28-22-10-5-7-18(15-22)17-25(2)13-6-14-27-21-12-11-19-8-3-4-9-20(19)16-21;/h3-5,7-12,15-16H,6,13-14,17H2,1-2H3,(H,24,26);1H. The van der Waals surface area contributed by atoms with Crippen molar-refractivity contribution in [3.8, 4) is 11.5 Å². The van der Waals surface area contributed by atoms with E-state index in [1.807, 2.05) is 36.4 Å². The van der Waals surface area contributed by atoms with Gasteiger partial charge in [-0.15, -0.1) is 12.4 Å². The minimum atomic E-state index is -0.462. The van der Waals surface area contributed by atoms with Crippen LogP contribution >= 0.6 is 12.4 Å². The average Bonchev–Trinajstić information content (AvgIpc) is 2.71. The molecular weight excluding hydrogens is 388 g/mol. The van der Waals surface area contributed by atoms with E-state index >= 15 is 0 Å². The molecule has 3 rings (SSSR count). The molecule has 5 nitrogen and oxygen atoms in total. The summed E-state index contributed by atoms with van der Waals surface area (Å²) >= 11 is 0. The molecule has 0 atom stereocenters. The zero-order valence-corrected chi connectivity index (χ0v) is 17.6. The van der Waals surface area contributed by atoms with Crippen molar-refractivity contribution in [2.24, 2.45) is 0 Å². The molecule has 154 valence electrons. The molecule has 0 unspecified atom stereocenters. The second-order valence-corrected chi connectivity index (χ2v) is 6.74. The molecule has 0 heterocycles. The molecule has 3 aromatic carbocycles. The summed E-state index contributed by atoms with van der Waals surface area (Å²) in [5.41, 5.74) is 1.10. The minimum absolute atomic E-state index is 0. The Morgan fingerprint density at radius 2 is 1.76 bits per heavy atom. The van der Waals surface area contributed by atoms with Crippen molar-refractivity contribution < 1.29 is 14.3 Å². The quantitative estimate of drug-likeness (QED) is 0.533. The van der Waals surface area contributed by atoms with Crippen LogP contribution in [0.2, 0.25) is 0 Å². The van der Waals surface area contributed by atoms with Crippen molar-refractivity contribution in [2.75, 3.05) is 27.2 Å². The smallest absolute Gasteiger partial charge is 0.412 e. The van der Waals surface area contributed by atoms with E-state index in [9.17, 15) is 4.79 Å². The third kappa shape index (κ3) is 6.97. The highest BCUT2D eigenvalue weighted by Crippen LogP contribution is 2.20. The van der Waals surface area contributed by atoms with Crippen molar-refractivity contribution in [3.63, 3.8) is 0 Å². The molecule has 0 bridgehead atoms. The third-order valence-corrected chi connectivity index (χ3v) is 4.44. The SMILES string of the molecule is CNC(=O)Oc1cccc(CN(C)CCCOc2ccc3ccccc3c2)c1.Cl. The second-order valence-electron chi connectivity index (χ2n) is 6.74. The molecule has 0 aliphatic rings. The maximum absolute atomic E-state index is 11.3. The summed E-state index contributed by atoms with van der Waals surface area (Å²) in [6, 6.07) is 22.0. The predicted octanol–water partition coefficient (Wildman–Crippen LogP) is 4.88. The van der Waals surface area contributed by atoms with Crippen LogP contribution in [-0.2, 0) is 6.54 Å². The molecule has 0 spiro atoms. The lowest BCUT2D eigenvalue weighted by Gasteiger charge is -2.17. The van der Waals surface area contributed by atoms with Crippen molar-refractivity contribution >= 4 is 29.3 Å². The number of ether oxygens (including phenoxy) is 2. The van der Waals surface area contributed by atoms with Gasteiger partial charge >= 0.3 is 6.09 Å². The Morgan fingerprint density at radius 1 is 0.966 bits per heavy atom. The number of carbonyl (C=O) groups is 1. The van der Waals surface area contributed by atoms with Gasteiger partial charge in [0, 0.05) is 20.1 Å². The Balaban J connectivity index is 0.00000300. The van der Waals surface area contributed by atoms with E-state index in [1.165, 1.54) is 10.8 Å². The van der Waals surface area contributed by atoms with Gasteiger partial charge in [-0.05, 0) is 54.1 Å². The molecule has 0 saturated heterocycles. The molecule has 29 heavy (non-hydrogen) atoms. The van der Waals surface area contributed by atoms with Crippen LogP contribution in [0.5, 0.6) is 11.5 Å². The van der Waals surface area contributed by atoms with Gasteiger partial charge in [-0.25, -0.2) is 4.79 Å². The number of halogens is 1. The topological polar surface area (TPSA) is 50.8 Å². The fourth-order valence-electron chi connectivity index (χ4n) is 3.04. The van der Waals surface area contributed by atoms with Gasteiger partial charge in [0.1, 0.15) is 11.5 Å². The van der Waals surface area contributed by atoms with E-state index in [2.05, 4.69) is 41.5 Å². The first kappa shape index (κ1) is 22.5. The van der Waals surface area contributed by atoms with E-state index in [0.29, 0.717) is 12.4 Å². The number of hydrogen-bond donors (Lipinski definition) is 1. The molecule has 0 saturated carbocycles. The van der Waals surface area contributed by atoms with E-state index in [1.54, 1.807) is 13.1 Å². The highest BCUT2D eigenvalue weighted by atomic mass is 35.5. The molecular formula is C23H27ClN2O3. The highest BCUT2D eigenvalue weighted by molar-refractivity contribution is 5.85. The average molecular weight is 415 g/mol. The van der Waals surface area contributed by atoms with Crippen LogP contribution in [-0.4, -0.2) is 38.2 Å². The van der Waals surface area contributed by atoms with Crippen LogP contribution < -0.4 is 14.8 Å². The first-order valence-corrected chi connectivity index (χ1v) is 9.43. The Labute approximate surface area is 178 Å². The van der Waals surface area contributed by atoms with Crippen LogP contribution in [0.25, 0.3) is 10.8 Å². The number of fused-ring (bicyclic) bond motifs is 1. The normalized spacial score (nSPS) is 10.4. The summed E-state index contributed by atoms with van der Waals surface area (Å²) < 4.78 is 11.1. The van der Waals surface area contributed by atoms with E-state index < -0.39 is 6.09 Å². The largest absolute Gasteiger partial charge is 0.494 e. The third-order valence-electron chi connectivity index (χ3n) is 4.44. The molecule has 0 radical (unpaired) electrons. The molecule has 0 aliphatic heterocycles. The molecule has 1 amide bonds. The van der Waals surface area contributed by atoms with E-state index in [0.717, 1.165) is 30.8 Å². The number of nitrogens with one attached hydrogen (secondary N) is 1. The number of carbonyl (C=O) groups excluding carboxylic acids is 1. The summed E-state index contributed by atoms with van der Waals surface area (Å²) in [6.07, 6.45) is 0.467. The lowest BCUT2D eigenvalue weighted by Crippen LogP contribution is -2.22. The van der Waals surface area contributed by atoms with Gasteiger partial charge in [0.05, 0.1) is 6.61 Å². The number of amides is 1. The van der Waals surface area contributed by atoms with Crippen molar-refractivity contribution in [2.45, 2.75) is 13.0 Å². The molecule has 3 aromatic rings. The van der Waals surface area contributed by atoms with Crippen molar-refractivity contribution in [1.82, 2.24) is 10.2 Å². The molecule has 1 N–H and O–H groups in total. The monoisotopic (exact) mass is 414 g/mol. The molecule has 0 aliphatic carbocycles. The van der Waals surface area contributed by atoms with Gasteiger partial charge in [-0.2, -0.15) is 0 Å². The Morgan fingerprint density at radius 3 is 2.55 bits per heavy atom. The van der Waals surface area contributed by atoms with Crippen LogP contribution in [0.4, 0.5) is 4.79 Å². The van der Waals surface area contributed by atoms with Gasteiger partial charge in [0.25, 0.3) is 0 Å². The van der Waals surface area contributed by atoms with Crippen LogP contribution in [0.15, 0.2) is 66.7 Å². The number of nitrogens with zero attached hydrogens (tertiary/aromatic N) is 1.